The number of carbonyl (C=O) groups is 1. The van der Waals surface area contributed by atoms with E-state index in [1.165, 1.54) is 6.07 Å². The van der Waals surface area contributed by atoms with Gasteiger partial charge in [0, 0.05) is 12.1 Å². The number of aliphatic hydroxyl groups is 1. The molecule has 0 unspecified atom stereocenters. The Morgan fingerprint density at radius 3 is 2.55 bits per heavy atom. The summed E-state index contributed by atoms with van der Waals surface area (Å²) in [5.74, 6) is -0.506. The molecule has 0 atom stereocenters. The highest BCUT2D eigenvalue weighted by molar-refractivity contribution is 5.98. The smallest absolute Gasteiger partial charge is 0.285 e. The number of aryl methyl sites for hydroxylation is 1. The van der Waals surface area contributed by atoms with Gasteiger partial charge in [-0.3, -0.25) is 14.9 Å². The van der Waals surface area contributed by atoms with E-state index in [1.807, 2.05) is 0 Å². The molecule has 0 heterocycles. The summed E-state index contributed by atoms with van der Waals surface area (Å²) in [6.07, 6.45) is 5.39. The summed E-state index contributed by atoms with van der Waals surface area (Å²) in [7, 11) is 0. The number of para-hydroxylation sites is 1. The second-order valence-corrected chi connectivity index (χ2v) is 6.05. The van der Waals surface area contributed by atoms with Gasteiger partial charge < -0.3 is 10.4 Å². The fourth-order valence-corrected chi connectivity index (χ4v) is 2.99. The number of hydrogen-bond acceptors (Lipinski definition) is 4. The summed E-state index contributed by atoms with van der Waals surface area (Å²) in [4.78, 5) is 22.9. The van der Waals surface area contributed by atoms with Gasteiger partial charge in [-0.15, -0.1) is 0 Å². The second-order valence-electron chi connectivity index (χ2n) is 6.05. The van der Waals surface area contributed by atoms with E-state index in [9.17, 15) is 20.0 Å². The van der Waals surface area contributed by atoms with Crippen molar-refractivity contribution in [3.8, 4) is 0 Å². The molecule has 1 aromatic carbocycles. The molecule has 0 radical (unpaired) electrons. The standard InChI is InChI=1S/C16H22N2O4/c1-12-7-6-8-13(14(12)18(21)22)15(19)17-11-16(20)9-4-2-3-5-10-16/h6-8,20H,2-5,9-11H2,1H3,(H,17,19). The van der Waals surface area contributed by atoms with Gasteiger partial charge >= 0.3 is 0 Å². The van der Waals surface area contributed by atoms with Gasteiger partial charge in [-0.05, 0) is 25.8 Å². The number of carbonyl (C=O) groups excluding carboxylic acids is 1. The van der Waals surface area contributed by atoms with E-state index in [0.717, 1.165) is 25.7 Å². The third kappa shape index (κ3) is 3.82. The zero-order chi connectivity index (χ0) is 16.2. The van der Waals surface area contributed by atoms with Crippen molar-refractivity contribution >= 4 is 11.6 Å². The highest BCUT2D eigenvalue weighted by atomic mass is 16.6. The average Bonchev–Trinajstić information content (AvgIpc) is 2.69. The van der Waals surface area contributed by atoms with Crippen LogP contribution in [0.15, 0.2) is 18.2 Å². The Hall–Kier alpha value is -1.95. The molecule has 1 aromatic rings. The Labute approximate surface area is 129 Å². The molecule has 1 fully saturated rings. The van der Waals surface area contributed by atoms with Crippen LogP contribution in [0.3, 0.4) is 0 Å². The van der Waals surface area contributed by atoms with Gasteiger partial charge in [0.1, 0.15) is 5.56 Å². The zero-order valence-corrected chi connectivity index (χ0v) is 12.8. The molecular formula is C16H22N2O4. The van der Waals surface area contributed by atoms with Crippen LogP contribution in [0.2, 0.25) is 0 Å². The largest absolute Gasteiger partial charge is 0.388 e. The normalized spacial score (nSPS) is 17.5. The summed E-state index contributed by atoms with van der Waals surface area (Å²) < 4.78 is 0. The van der Waals surface area contributed by atoms with Crippen molar-refractivity contribution in [2.45, 2.75) is 51.0 Å². The van der Waals surface area contributed by atoms with Crippen molar-refractivity contribution in [2.24, 2.45) is 0 Å². The summed E-state index contributed by atoms with van der Waals surface area (Å²) in [5.41, 5.74) is -0.578. The minimum absolute atomic E-state index is 0.0437. The van der Waals surface area contributed by atoms with Crippen molar-refractivity contribution < 1.29 is 14.8 Å². The lowest BCUT2D eigenvalue weighted by molar-refractivity contribution is -0.385. The molecule has 6 nitrogen and oxygen atoms in total. The van der Waals surface area contributed by atoms with Crippen molar-refractivity contribution in [1.29, 1.82) is 0 Å². The number of rotatable bonds is 4. The van der Waals surface area contributed by atoms with Crippen molar-refractivity contribution in [3.05, 3.63) is 39.4 Å². The lowest BCUT2D eigenvalue weighted by Gasteiger charge is -2.26. The van der Waals surface area contributed by atoms with Crippen LogP contribution in [0.25, 0.3) is 0 Å². The highest BCUT2D eigenvalue weighted by Crippen LogP contribution is 2.27. The molecule has 0 bridgehead atoms. The quantitative estimate of drug-likeness (QED) is 0.508. The first kappa shape index (κ1) is 16.4. The van der Waals surface area contributed by atoms with Crippen LogP contribution in [0.1, 0.15) is 54.4 Å². The first-order valence-electron chi connectivity index (χ1n) is 7.67. The lowest BCUT2D eigenvalue weighted by atomic mass is 9.94. The maximum Gasteiger partial charge on any atom is 0.285 e. The van der Waals surface area contributed by atoms with Gasteiger partial charge in [0.05, 0.1) is 10.5 Å². The van der Waals surface area contributed by atoms with Crippen LogP contribution < -0.4 is 5.32 Å². The monoisotopic (exact) mass is 306 g/mol. The third-order valence-corrected chi connectivity index (χ3v) is 4.28. The number of nitrogens with zero attached hydrogens (tertiary/aromatic N) is 1. The van der Waals surface area contributed by atoms with Gasteiger partial charge in [0.15, 0.2) is 0 Å². The molecular weight excluding hydrogens is 284 g/mol. The molecule has 6 heteroatoms. The van der Waals surface area contributed by atoms with E-state index >= 15 is 0 Å². The molecule has 0 aliphatic heterocycles. The number of nitro benzene ring substituents is 1. The Balaban J connectivity index is 2.09. The Morgan fingerprint density at radius 2 is 1.95 bits per heavy atom. The van der Waals surface area contributed by atoms with E-state index in [-0.39, 0.29) is 17.8 Å². The van der Waals surface area contributed by atoms with Gasteiger partial charge in [0.2, 0.25) is 0 Å². The van der Waals surface area contributed by atoms with Crippen LogP contribution in [-0.4, -0.2) is 28.1 Å². The maximum atomic E-state index is 12.3. The SMILES string of the molecule is Cc1cccc(C(=O)NCC2(O)CCCCCC2)c1[N+](=O)[O-]. The number of nitrogens with one attached hydrogen (secondary N) is 1. The zero-order valence-electron chi connectivity index (χ0n) is 12.8. The number of benzene rings is 1. The lowest BCUT2D eigenvalue weighted by Crippen LogP contribution is -2.42. The van der Waals surface area contributed by atoms with Gasteiger partial charge in [-0.2, -0.15) is 0 Å². The molecule has 0 aromatic heterocycles. The molecule has 0 saturated heterocycles. The highest BCUT2D eigenvalue weighted by Gasteiger charge is 2.30. The van der Waals surface area contributed by atoms with Gasteiger partial charge in [-0.1, -0.05) is 37.8 Å². The van der Waals surface area contributed by atoms with Crippen LogP contribution >= 0.6 is 0 Å². The van der Waals surface area contributed by atoms with Crippen molar-refractivity contribution in [3.63, 3.8) is 0 Å². The van der Waals surface area contributed by atoms with Crippen molar-refractivity contribution in [1.82, 2.24) is 5.32 Å². The predicted molar refractivity (Wildman–Crippen MR) is 82.8 cm³/mol. The fourth-order valence-electron chi connectivity index (χ4n) is 2.99. The van der Waals surface area contributed by atoms with Crippen LogP contribution in [0.5, 0.6) is 0 Å². The van der Waals surface area contributed by atoms with Crippen molar-refractivity contribution in [2.75, 3.05) is 6.54 Å². The maximum absolute atomic E-state index is 12.3. The van der Waals surface area contributed by atoms with Gasteiger partial charge in [0.25, 0.3) is 11.6 Å². The minimum atomic E-state index is -0.898. The first-order valence-corrected chi connectivity index (χ1v) is 7.67. The molecule has 120 valence electrons. The number of hydrogen-bond donors (Lipinski definition) is 2. The van der Waals surface area contributed by atoms with Crippen LogP contribution in [0, 0.1) is 17.0 Å². The Bertz CT molecular complexity index is 563. The first-order chi connectivity index (χ1) is 10.4. The molecule has 2 N–H and O–H groups in total. The average molecular weight is 306 g/mol. The van der Waals surface area contributed by atoms with Crippen LogP contribution in [-0.2, 0) is 0 Å². The van der Waals surface area contributed by atoms with Gasteiger partial charge in [-0.25, -0.2) is 0 Å². The molecule has 1 aliphatic rings. The fraction of sp³-hybridized carbons (Fsp3) is 0.562. The van der Waals surface area contributed by atoms with E-state index in [1.54, 1.807) is 19.1 Å². The number of amides is 1. The summed E-state index contributed by atoms with van der Waals surface area (Å²) in [6.45, 7) is 1.74. The minimum Gasteiger partial charge on any atom is -0.388 e. The van der Waals surface area contributed by atoms with E-state index < -0.39 is 16.4 Å². The molecule has 1 aliphatic carbocycles. The van der Waals surface area contributed by atoms with Crippen LogP contribution in [0.4, 0.5) is 5.69 Å². The third-order valence-electron chi connectivity index (χ3n) is 4.28. The summed E-state index contributed by atoms with van der Waals surface area (Å²) in [6, 6.07) is 4.67. The molecule has 22 heavy (non-hydrogen) atoms. The second kappa shape index (κ2) is 6.87. The Kier molecular flexibility index (Phi) is 5.13. The topological polar surface area (TPSA) is 92.5 Å². The summed E-state index contributed by atoms with van der Waals surface area (Å²) in [5, 5.41) is 24.3. The Morgan fingerprint density at radius 1 is 1.32 bits per heavy atom. The van der Waals surface area contributed by atoms with E-state index in [0.29, 0.717) is 18.4 Å². The summed E-state index contributed by atoms with van der Waals surface area (Å²) >= 11 is 0. The molecule has 1 saturated carbocycles. The van der Waals surface area contributed by atoms with E-state index in [4.69, 9.17) is 0 Å². The molecule has 0 spiro atoms. The molecule has 2 rings (SSSR count). The predicted octanol–water partition coefficient (Wildman–Crippen LogP) is 2.72. The molecule has 1 amide bonds. The van der Waals surface area contributed by atoms with E-state index in [2.05, 4.69) is 5.32 Å². The number of nitro groups is 1.